The number of amides is 2. The van der Waals surface area contributed by atoms with Crippen molar-refractivity contribution in [3.8, 4) is 0 Å². The molecule has 25 heavy (non-hydrogen) atoms. The SMILES string of the molecule is Cc1cc(C(=O)Nc2ccc(NC(=O)c3ccn(C)n3)cc2)n(C)n1. The Morgan fingerprint density at radius 1 is 0.920 bits per heavy atom. The molecule has 2 heterocycles. The number of anilines is 2. The van der Waals surface area contributed by atoms with Gasteiger partial charge in [-0.05, 0) is 43.3 Å². The molecular weight excluding hydrogens is 320 g/mol. The highest BCUT2D eigenvalue weighted by Crippen LogP contribution is 2.15. The van der Waals surface area contributed by atoms with Gasteiger partial charge in [0.15, 0.2) is 5.69 Å². The van der Waals surface area contributed by atoms with Crippen molar-refractivity contribution in [2.75, 3.05) is 10.6 Å². The molecule has 0 spiro atoms. The summed E-state index contributed by atoms with van der Waals surface area (Å²) in [6.07, 6.45) is 1.70. The summed E-state index contributed by atoms with van der Waals surface area (Å²) in [5.41, 5.74) is 2.83. The van der Waals surface area contributed by atoms with Crippen LogP contribution in [0.25, 0.3) is 0 Å². The first-order chi connectivity index (χ1) is 11.9. The second-order valence-electron chi connectivity index (χ2n) is 5.65. The minimum atomic E-state index is -0.289. The largest absolute Gasteiger partial charge is 0.321 e. The van der Waals surface area contributed by atoms with Crippen molar-refractivity contribution in [1.82, 2.24) is 19.6 Å². The maximum absolute atomic E-state index is 12.2. The van der Waals surface area contributed by atoms with E-state index in [0.717, 1.165) is 5.69 Å². The van der Waals surface area contributed by atoms with Crippen LogP contribution in [-0.2, 0) is 14.1 Å². The highest BCUT2D eigenvalue weighted by Gasteiger charge is 2.12. The lowest BCUT2D eigenvalue weighted by molar-refractivity contribution is 0.101. The Labute approximate surface area is 144 Å². The van der Waals surface area contributed by atoms with Gasteiger partial charge in [-0.3, -0.25) is 19.0 Å². The molecule has 0 aliphatic rings. The zero-order valence-electron chi connectivity index (χ0n) is 14.1. The Bertz CT molecular complexity index is 923. The molecule has 0 bridgehead atoms. The molecule has 0 aliphatic carbocycles. The summed E-state index contributed by atoms with van der Waals surface area (Å²) in [6.45, 7) is 1.83. The van der Waals surface area contributed by atoms with Crippen molar-refractivity contribution >= 4 is 23.2 Å². The van der Waals surface area contributed by atoms with Gasteiger partial charge >= 0.3 is 0 Å². The van der Waals surface area contributed by atoms with E-state index in [4.69, 9.17) is 0 Å². The van der Waals surface area contributed by atoms with Gasteiger partial charge in [0.05, 0.1) is 5.69 Å². The van der Waals surface area contributed by atoms with Gasteiger partial charge in [-0.15, -0.1) is 0 Å². The number of nitrogens with one attached hydrogen (secondary N) is 2. The molecule has 3 aromatic rings. The van der Waals surface area contributed by atoms with Gasteiger partial charge in [-0.2, -0.15) is 10.2 Å². The third-order valence-corrected chi connectivity index (χ3v) is 3.58. The summed E-state index contributed by atoms with van der Waals surface area (Å²) in [7, 11) is 3.47. The quantitative estimate of drug-likeness (QED) is 0.760. The first-order valence-electron chi connectivity index (χ1n) is 7.65. The van der Waals surface area contributed by atoms with E-state index in [1.54, 1.807) is 61.4 Å². The van der Waals surface area contributed by atoms with E-state index in [0.29, 0.717) is 22.8 Å². The fourth-order valence-electron chi connectivity index (χ4n) is 2.39. The van der Waals surface area contributed by atoms with E-state index in [1.165, 1.54) is 4.68 Å². The lowest BCUT2D eigenvalue weighted by atomic mass is 10.2. The Balaban J connectivity index is 1.65. The maximum atomic E-state index is 12.2. The Kier molecular flexibility index (Phi) is 4.34. The second-order valence-corrected chi connectivity index (χ2v) is 5.65. The van der Waals surface area contributed by atoms with E-state index in [2.05, 4.69) is 20.8 Å². The van der Waals surface area contributed by atoms with Crippen molar-refractivity contribution in [2.24, 2.45) is 14.1 Å². The lowest BCUT2D eigenvalue weighted by Crippen LogP contribution is -2.16. The van der Waals surface area contributed by atoms with Crippen molar-refractivity contribution in [1.29, 1.82) is 0 Å². The number of nitrogens with zero attached hydrogens (tertiary/aromatic N) is 4. The highest BCUT2D eigenvalue weighted by molar-refractivity contribution is 6.04. The molecule has 8 heteroatoms. The fourth-order valence-corrected chi connectivity index (χ4v) is 2.39. The smallest absolute Gasteiger partial charge is 0.276 e. The van der Waals surface area contributed by atoms with Gasteiger partial charge in [-0.1, -0.05) is 0 Å². The van der Waals surface area contributed by atoms with Crippen LogP contribution in [0.1, 0.15) is 26.7 Å². The van der Waals surface area contributed by atoms with E-state index in [1.807, 2.05) is 6.92 Å². The third kappa shape index (κ3) is 3.74. The predicted octanol–water partition coefficient (Wildman–Crippen LogP) is 1.97. The Morgan fingerprint density at radius 3 is 2.00 bits per heavy atom. The van der Waals surface area contributed by atoms with Crippen molar-refractivity contribution in [3.05, 3.63) is 59.7 Å². The molecule has 8 nitrogen and oxygen atoms in total. The number of rotatable bonds is 4. The zero-order chi connectivity index (χ0) is 18.0. The van der Waals surface area contributed by atoms with Gasteiger partial charge in [0, 0.05) is 31.7 Å². The molecular formula is C17H18N6O2. The number of hydrogen-bond acceptors (Lipinski definition) is 4. The molecule has 3 rings (SSSR count). The molecule has 0 radical (unpaired) electrons. The number of aryl methyl sites for hydroxylation is 3. The Hall–Kier alpha value is -3.42. The molecule has 0 atom stereocenters. The van der Waals surface area contributed by atoms with Crippen molar-refractivity contribution in [3.63, 3.8) is 0 Å². The van der Waals surface area contributed by atoms with Crippen molar-refractivity contribution < 1.29 is 9.59 Å². The lowest BCUT2D eigenvalue weighted by Gasteiger charge is -2.07. The summed E-state index contributed by atoms with van der Waals surface area (Å²) in [5.74, 6) is -0.531. The number of hydrogen-bond donors (Lipinski definition) is 2. The number of carbonyl (C=O) groups excluding carboxylic acids is 2. The van der Waals surface area contributed by atoms with Crippen LogP contribution in [-0.4, -0.2) is 31.4 Å². The van der Waals surface area contributed by atoms with E-state index in [9.17, 15) is 9.59 Å². The first kappa shape index (κ1) is 16.4. The molecule has 0 aliphatic heterocycles. The molecule has 2 amide bonds. The summed E-state index contributed by atoms with van der Waals surface area (Å²) in [5, 5.41) is 13.8. The first-order valence-corrected chi connectivity index (χ1v) is 7.65. The molecule has 0 saturated carbocycles. The highest BCUT2D eigenvalue weighted by atomic mass is 16.2. The average molecular weight is 338 g/mol. The third-order valence-electron chi connectivity index (χ3n) is 3.58. The minimum absolute atomic E-state index is 0.242. The maximum Gasteiger partial charge on any atom is 0.276 e. The van der Waals surface area contributed by atoms with Gasteiger partial charge in [0.2, 0.25) is 0 Å². The van der Waals surface area contributed by atoms with Crippen LogP contribution in [0.2, 0.25) is 0 Å². The van der Waals surface area contributed by atoms with E-state index in [-0.39, 0.29) is 11.8 Å². The van der Waals surface area contributed by atoms with E-state index >= 15 is 0 Å². The van der Waals surface area contributed by atoms with Crippen LogP contribution in [0.15, 0.2) is 42.6 Å². The van der Waals surface area contributed by atoms with Crippen LogP contribution in [0.3, 0.4) is 0 Å². The molecule has 0 unspecified atom stereocenters. The van der Waals surface area contributed by atoms with Crippen LogP contribution in [0.5, 0.6) is 0 Å². The predicted molar refractivity (Wildman–Crippen MR) is 93.5 cm³/mol. The van der Waals surface area contributed by atoms with Crippen molar-refractivity contribution in [2.45, 2.75) is 6.92 Å². The van der Waals surface area contributed by atoms with Crippen LogP contribution >= 0.6 is 0 Å². The second kappa shape index (κ2) is 6.60. The van der Waals surface area contributed by atoms with Gasteiger partial charge < -0.3 is 10.6 Å². The molecule has 128 valence electrons. The van der Waals surface area contributed by atoms with Gasteiger partial charge in [0.25, 0.3) is 11.8 Å². The average Bonchev–Trinajstić information content (AvgIpc) is 3.14. The number of benzene rings is 1. The summed E-state index contributed by atoms with van der Waals surface area (Å²) < 4.78 is 3.10. The van der Waals surface area contributed by atoms with Crippen LogP contribution in [0, 0.1) is 6.92 Å². The van der Waals surface area contributed by atoms with Crippen LogP contribution in [0.4, 0.5) is 11.4 Å². The minimum Gasteiger partial charge on any atom is -0.321 e. The zero-order valence-corrected chi connectivity index (χ0v) is 14.1. The molecule has 0 saturated heterocycles. The standard InChI is InChI=1S/C17H18N6O2/c1-11-10-15(23(3)20-11)17(25)19-13-6-4-12(5-7-13)18-16(24)14-8-9-22(2)21-14/h4-10H,1-3H3,(H,18,24)(H,19,25). The molecule has 2 N–H and O–H groups in total. The van der Waals surface area contributed by atoms with Gasteiger partial charge in [0.1, 0.15) is 5.69 Å². The van der Waals surface area contributed by atoms with Gasteiger partial charge in [-0.25, -0.2) is 0 Å². The van der Waals surface area contributed by atoms with Crippen LogP contribution < -0.4 is 10.6 Å². The molecule has 1 aromatic carbocycles. The normalized spacial score (nSPS) is 10.5. The molecule has 2 aromatic heterocycles. The summed E-state index contributed by atoms with van der Waals surface area (Å²) in [6, 6.07) is 10.2. The van der Waals surface area contributed by atoms with E-state index < -0.39 is 0 Å². The topological polar surface area (TPSA) is 93.8 Å². The summed E-state index contributed by atoms with van der Waals surface area (Å²) >= 11 is 0. The monoisotopic (exact) mass is 338 g/mol. The number of carbonyl (C=O) groups is 2. The number of aromatic nitrogens is 4. The fraction of sp³-hybridized carbons (Fsp3) is 0.176. The Morgan fingerprint density at radius 2 is 1.52 bits per heavy atom. The molecule has 0 fully saturated rings. The summed E-state index contributed by atoms with van der Waals surface area (Å²) in [4.78, 5) is 24.3.